The summed E-state index contributed by atoms with van der Waals surface area (Å²) in [6.45, 7) is 6.23. The van der Waals surface area contributed by atoms with Crippen LogP contribution in [-0.2, 0) is 16.2 Å². The normalized spacial score (nSPS) is 22.6. The van der Waals surface area contributed by atoms with Crippen LogP contribution in [0.1, 0.15) is 41.0 Å². The highest BCUT2D eigenvalue weighted by atomic mass is 32.2. The number of fused-ring (bicyclic) bond motifs is 1. The van der Waals surface area contributed by atoms with E-state index in [-0.39, 0.29) is 31.1 Å². The lowest BCUT2D eigenvalue weighted by Gasteiger charge is -2.58. The van der Waals surface area contributed by atoms with Crippen LogP contribution in [0.3, 0.4) is 0 Å². The molecule has 0 spiro atoms. The fraction of sp³-hybridized carbons (Fsp3) is 0.438. The third-order valence-electron chi connectivity index (χ3n) is 8.72. The van der Waals surface area contributed by atoms with Gasteiger partial charge in [-0.1, -0.05) is 54.6 Å². The topological polar surface area (TPSA) is 43.9 Å². The van der Waals surface area contributed by atoms with Gasteiger partial charge in [0.2, 0.25) is 10.0 Å². The second-order valence-corrected chi connectivity index (χ2v) is 13.5. The van der Waals surface area contributed by atoms with E-state index in [4.69, 9.17) is 0 Å². The average Bonchev–Trinajstić information content (AvgIpc) is 2.91. The SMILES string of the molecule is Cc1cccc(-c2ccc([C@@H]3C(CN(C)C)N4CCCCN(S(=O)(=O)c5ccccc5C(F)(F)F)C[C@@H]34)cc2)c1C. The van der Waals surface area contributed by atoms with E-state index in [2.05, 4.69) is 66.1 Å². The molecule has 2 heterocycles. The average molecular weight is 586 g/mol. The minimum absolute atomic E-state index is 0.0544. The van der Waals surface area contributed by atoms with Crippen molar-refractivity contribution >= 4 is 10.0 Å². The Morgan fingerprint density at radius 1 is 0.902 bits per heavy atom. The Labute approximate surface area is 241 Å². The van der Waals surface area contributed by atoms with Crippen molar-refractivity contribution in [2.45, 2.75) is 55.8 Å². The molecule has 0 amide bonds. The summed E-state index contributed by atoms with van der Waals surface area (Å²) in [4.78, 5) is 3.84. The molecule has 9 heteroatoms. The molecule has 0 aromatic heterocycles. The Morgan fingerprint density at radius 2 is 1.59 bits per heavy atom. The van der Waals surface area contributed by atoms with Crippen LogP contribution in [0.4, 0.5) is 13.2 Å². The second-order valence-electron chi connectivity index (χ2n) is 11.6. The molecule has 0 aliphatic carbocycles. The van der Waals surface area contributed by atoms with E-state index >= 15 is 0 Å². The monoisotopic (exact) mass is 585 g/mol. The molecule has 1 unspecified atom stereocenters. The molecule has 41 heavy (non-hydrogen) atoms. The Balaban J connectivity index is 1.49. The van der Waals surface area contributed by atoms with Gasteiger partial charge in [0.1, 0.15) is 0 Å². The fourth-order valence-corrected chi connectivity index (χ4v) is 8.22. The van der Waals surface area contributed by atoms with Gasteiger partial charge in [-0.25, -0.2) is 8.42 Å². The fourth-order valence-electron chi connectivity index (χ4n) is 6.51. The first-order chi connectivity index (χ1) is 19.4. The number of hydrogen-bond donors (Lipinski definition) is 0. The molecule has 3 aromatic carbocycles. The highest BCUT2D eigenvalue weighted by molar-refractivity contribution is 7.89. The summed E-state index contributed by atoms with van der Waals surface area (Å²) in [7, 11) is -0.298. The summed E-state index contributed by atoms with van der Waals surface area (Å²) >= 11 is 0. The first kappa shape index (κ1) is 29.8. The molecule has 3 atom stereocenters. The van der Waals surface area contributed by atoms with Gasteiger partial charge in [0.25, 0.3) is 0 Å². The quantitative estimate of drug-likeness (QED) is 0.347. The zero-order valence-electron chi connectivity index (χ0n) is 24.0. The molecule has 5 rings (SSSR count). The van der Waals surface area contributed by atoms with Crippen molar-refractivity contribution in [2.75, 3.05) is 40.3 Å². The summed E-state index contributed by atoms with van der Waals surface area (Å²) in [5.41, 5.74) is 4.79. The molecule has 0 saturated carbocycles. The minimum Gasteiger partial charge on any atom is -0.308 e. The van der Waals surface area contributed by atoms with Gasteiger partial charge in [0, 0.05) is 37.6 Å². The molecule has 5 nitrogen and oxygen atoms in total. The van der Waals surface area contributed by atoms with Crippen LogP contribution in [0.2, 0.25) is 0 Å². The number of hydrogen-bond acceptors (Lipinski definition) is 4. The minimum atomic E-state index is -4.76. The maximum Gasteiger partial charge on any atom is 0.417 e. The molecule has 2 aliphatic rings. The van der Waals surface area contributed by atoms with Crippen LogP contribution in [0.5, 0.6) is 0 Å². The number of halogens is 3. The molecule has 0 radical (unpaired) electrons. The number of nitrogens with zero attached hydrogens (tertiary/aromatic N) is 3. The molecule has 2 aliphatic heterocycles. The van der Waals surface area contributed by atoms with E-state index in [1.807, 2.05) is 14.1 Å². The Bertz CT molecular complexity index is 1490. The van der Waals surface area contributed by atoms with Gasteiger partial charge in [-0.05, 0) is 87.3 Å². The summed E-state index contributed by atoms with van der Waals surface area (Å²) < 4.78 is 70.2. The second kappa shape index (κ2) is 11.5. The lowest BCUT2D eigenvalue weighted by Crippen LogP contribution is -2.68. The lowest BCUT2D eigenvalue weighted by atomic mass is 9.73. The van der Waals surface area contributed by atoms with E-state index < -0.39 is 26.7 Å². The highest BCUT2D eigenvalue weighted by Gasteiger charge is 2.51. The summed E-state index contributed by atoms with van der Waals surface area (Å²) in [6.07, 6.45) is -3.38. The number of alkyl halides is 3. The van der Waals surface area contributed by atoms with Crippen LogP contribution in [0.25, 0.3) is 11.1 Å². The predicted octanol–water partition coefficient (Wildman–Crippen LogP) is 6.17. The number of benzene rings is 3. The van der Waals surface area contributed by atoms with Crippen molar-refractivity contribution < 1.29 is 21.6 Å². The van der Waals surface area contributed by atoms with Gasteiger partial charge in [-0.15, -0.1) is 0 Å². The van der Waals surface area contributed by atoms with Crippen molar-refractivity contribution in [3.63, 3.8) is 0 Å². The van der Waals surface area contributed by atoms with Crippen LogP contribution < -0.4 is 0 Å². The first-order valence-corrected chi connectivity index (χ1v) is 15.6. The molecular formula is C32H38F3N3O2S. The maximum absolute atomic E-state index is 13.8. The predicted molar refractivity (Wildman–Crippen MR) is 156 cm³/mol. The molecule has 2 saturated heterocycles. The van der Waals surface area contributed by atoms with Gasteiger partial charge >= 0.3 is 6.18 Å². The molecular weight excluding hydrogens is 547 g/mol. The third-order valence-corrected chi connectivity index (χ3v) is 10.6. The largest absolute Gasteiger partial charge is 0.417 e. The number of sulfonamides is 1. The molecule has 220 valence electrons. The molecule has 0 bridgehead atoms. The van der Waals surface area contributed by atoms with Crippen molar-refractivity contribution in [1.82, 2.24) is 14.1 Å². The highest BCUT2D eigenvalue weighted by Crippen LogP contribution is 2.44. The van der Waals surface area contributed by atoms with Gasteiger partial charge < -0.3 is 4.90 Å². The smallest absolute Gasteiger partial charge is 0.308 e. The zero-order valence-corrected chi connectivity index (χ0v) is 24.8. The molecule has 0 N–H and O–H groups in total. The maximum atomic E-state index is 13.8. The van der Waals surface area contributed by atoms with E-state index in [0.29, 0.717) is 6.42 Å². The van der Waals surface area contributed by atoms with Gasteiger partial charge in [0.15, 0.2) is 0 Å². The van der Waals surface area contributed by atoms with E-state index in [1.54, 1.807) is 0 Å². The number of rotatable bonds is 6. The van der Waals surface area contributed by atoms with Crippen LogP contribution >= 0.6 is 0 Å². The van der Waals surface area contributed by atoms with Crippen molar-refractivity contribution in [2.24, 2.45) is 0 Å². The first-order valence-electron chi connectivity index (χ1n) is 14.1. The number of aryl methyl sites for hydroxylation is 1. The number of likely N-dealkylation sites (N-methyl/N-ethyl adjacent to an activating group) is 1. The molecule has 3 aromatic rings. The lowest BCUT2D eigenvalue weighted by molar-refractivity contribution is -0.139. The Hall–Kier alpha value is -2.72. The summed E-state index contributed by atoms with van der Waals surface area (Å²) in [6, 6.07) is 19.4. The van der Waals surface area contributed by atoms with Crippen LogP contribution in [0.15, 0.2) is 71.6 Å². The summed E-state index contributed by atoms with van der Waals surface area (Å²) in [5, 5.41) is 0. The van der Waals surface area contributed by atoms with E-state index in [0.717, 1.165) is 42.8 Å². The third kappa shape index (κ3) is 5.82. The van der Waals surface area contributed by atoms with Crippen LogP contribution in [-0.4, -0.2) is 74.9 Å². The Morgan fingerprint density at radius 3 is 2.27 bits per heavy atom. The van der Waals surface area contributed by atoms with Crippen molar-refractivity contribution in [3.05, 3.63) is 89.0 Å². The van der Waals surface area contributed by atoms with Crippen LogP contribution in [0, 0.1) is 13.8 Å². The van der Waals surface area contributed by atoms with Gasteiger partial charge in [0.05, 0.1) is 10.5 Å². The molecule has 2 fully saturated rings. The Kier molecular flexibility index (Phi) is 8.36. The van der Waals surface area contributed by atoms with Gasteiger partial charge in [-0.3, -0.25) is 4.90 Å². The van der Waals surface area contributed by atoms with Crippen molar-refractivity contribution in [1.29, 1.82) is 0 Å². The standard InChI is InChI=1S/C32H38F3N3O2S/c1-22-10-9-11-26(23(22)2)24-14-16-25(17-15-24)31-28(20-36(3)4)38-19-8-7-18-37(21-29(31)38)41(39,40)30-13-6-5-12-27(30)32(33,34)35/h5-6,9-17,28-29,31H,7-8,18-21H2,1-4H3/t28?,29-,31+/m0/s1. The summed E-state index contributed by atoms with van der Waals surface area (Å²) in [5.74, 6) is 0.0544. The zero-order chi connectivity index (χ0) is 29.5. The van der Waals surface area contributed by atoms with Crippen molar-refractivity contribution in [3.8, 4) is 11.1 Å². The van der Waals surface area contributed by atoms with Gasteiger partial charge in [-0.2, -0.15) is 17.5 Å². The van der Waals surface area contributed by atoms with E-state index in [9.17, 15) is 21.6 Å². The van der Waals surface area contributed by atoms with E-state index in [1.165, 1.54) is 33.1 Å².